The summed E-state index contributed by atoms with van der Waals surface area (Å²) in [7, 11) is 0. The quantitative estimate of drug-likeness (QED) is 0.581. The van der Waals surface area contributed by atoms with Crippen LogP contribution in [0.5, 0.6) is 0 Å². The highest BCUT2D eigenvalue weighted by atomic mass is 16.6. The van der Waals surface area contributed by atoms with E-state index in [-0.39, 0.29) is 5.78 Å². The zero-order chi connectivity index (χ0) is 7.98. The van der Waals surface area contributed by atoms with E-state index in [1.54, 1.807) is 6.92 Å². The highest BCUT2D eigenvalue weighted by Gasteiger charge is 2.11. The van der Waals surface area contributed by atoms with Crippen molar-refractivity contribution in [1.82, 2.24) is 0 Å². The molecule has 0 aliphatic heterocycles. The lowest BCUT2D eigenvalue weighted by molar-refractivity contribution is -0.155. The van der Waals surface area contributed by atoms with Crippen molar-refractivity contribution in [2.24, 2.45) is 0 Å². The van der Waals surface area contributed by atoms with Crippen LogP contribution in [-0.4, -0.2) is 23.8 Å². The number of carbonyl (C=O) groups excluding carboxylic acids is 1. The number of Topliss-reactive ketones (excluding diaryl/α,β-unsaturated/α-hetero) is 1. The summed E-state index contributed by atoms with van der Waals surface area (Å²) in [5.74, 6) is -0.256. The molecule has 0 heterocycles. The first kappa shape index (κ1) is 9.59. The molecule has 0 aliphatic carbocycles. The van der Waals surface area contributed by atoms with Gasteiger partial charge in [-0.25, -0.2) is 0 Å². The standard InChI is InChI=1S/C7H14O3/c1-3-5-10-7(9)6(8)4-2/h7,9H,3-5H2,1-2H3/t7-/m0/s1. The van der Waals surface area contributed by atoms with E-state index in [0.29, 0.717) is 13.0 Å². The van der Waals surface area contributed by atoms with Crippen molar-refractivity contribution < 1.29 is 14.6 Å². The van der Waals surface area contributed by atoms with Crippen LogP contribution in [0.25, 0.3) is 0 Å². The first-order valence-corrected chi connectivity index (χ1v) is 3.54. The molecule has 1 N–H and O–H groups in total. The number of ether oxygens (including phenoxy) is 1. The van der Waals surface area contributed by atoms with Crippen LogP contribution in [0.2, 0.25) is 0 Å². The molecule has 0 aromatic carbocycles. The van der Waals surface area contributed by atoms with Crippen LogP contribution in [0.3, 0.4) is 0 Å². The molecule has 3 nitrogen and oxygen atoms in total. The molecule has 0 aromatic heterocycles. The minimum absolute atomic E-state index is 0.256. The minimum atomic E-state index is -1.20. The van der Waals surface area contributed by atoms with Gasteiger partial charge in [0.25, 0.3) is 0 Å². The van der Waals surface area contributed by atoms with Gasteiger partial charge in [-0.15, -0.1) is 0 Å². The van der Waals surface area contributed by atoms with Gasteiger partial charge < -0.3 is 9.84 Å². The van der Waals surface area contributed by atoms with Crippen LogP contribution in [0, 0.1) is 0 Å². The van der Waals surface area contributed by atoms with Crippen LogP contribution in [0.15, 0.2) is 0 Å². The van der Waals surface area contributed by atoms with Crippen molar-refractivity contribution in [3.05, 3.63) is 0 Å². The molecule has 0 aromatic rings. The van der Waals surface area contributed by atoms with Gasteiger partial charge >= 0.3 is 0 Å². The Hall–Kier alpha value is -0.410. The van der Waals surface area contributed by atoms with E-state index in [1.165, 1.54) is 0 Å². The minimum Gasteiger partial charge on any atom is -0.362 e. The van der Waals surface area contributed by atoms with Gasteiger partial charge in [-0.3, -0.25) is 4.79 Å². The van der Waals surface area contributed by atoms with E-state index in [1.807, 2.05) is 6.92 Å². The summed E-state index contributed by atoms with van der Waals surface area (Å²) in [6.07, 6.45) is -0.0659. The molecule has 0 aliphatic rings. The first-order valence-electron chi connectivity index (χ1n) is 3.54. The van der Waals surface area contributed by atoms with Crippen LogP contribution < -0.4 is 0 Å². The number of aliphatic hydroxyl groups is 1. The van der Waals surface area contributed by atoms with Crippen LogP contribution >= 0.6 is 0 Å². The Bertz CT molecular complexity index is 101. The number of carbonyl (C=O) groups is 1. The molecule has 0 saturated heterocycles. The van der Waals surface area contributed by atoms with Gasteiger partial charge in [0.1, 0.15) is 0 Å². The molecule has 0 saturated carbocycles. The first-order chi connectivity index (χ1) is 4.72. The lowest BCUT2D eigenvalue weighted by Gasteiger charge is -2.07. The summed E-state index contributed by atoms with van der Waals surface area (Å²) in [6.45, 7) is 4.05. The molecule has 0 unspecified atom stereocenters. The average Bonchev–Trinajstić information content (AvgIpc) is 1.98. The Kier molecular flexibility index (Phi) is 5.16. The van der Waals surface area contributed by atoms with Gasteiger partial charge in [-0.1, -0.05) is 13.8 Å². The van der Waals surface area contributed by atoms with Gasteiger partial charge in [0.05, 0.1) is 0 Å². The number of hydrogen-bond acceptors (Lipinski definition) is 3. The normalized spacial score (nSPS) is 13.1. The third-order valence-electron chi connectivity index (χ3n) is 1.10. The molecule has 60 valence electrons. The van der Waals surface area contributed by atoms with Crippen molar-refractivity contribution in [3.63, 3.8) is 0 Å². The lowest BCUT2D eigenvalue weighted by atomic mass is 10.3. The molecule has 0 fully saturated rings. The summed E-state index contributed by atoms with van der Waals surface area (Å²) >= 11 is 0. The second-order valence-electron chi connectivity index (χ2n) is 2.04. The molecular weight excluding hydrogens is 132 g/mol. The van der Waals surface area contributed by atoms with Gasteiger partial charge in [0, 0.05) is 13.0 Å². The van der Waals surface area contributed by atoms with Crippen molar-refractivity contribution in [2.75, 3.05) is 6.61 Å². The van der Waals surface area contributed by atoms with Gasteiger partial charge in [0.2, 0.25) is 6.29 Å². The molecule has 0 radical (unpaired) electrons. The summed E-state index contributed by atoms with van der Waals surface area (Å²) in [6, 6.07) is 0. The fourth-order valence-electron chi connectivity index (χ4n) is 0.497. The summed E-state index contributed by atoms with van der Waals surface area (Å²) in [4.78, 5) is 10.6. The molecule has 0 amide bonds. The third kappa shape index (κ3) is 3.58. The maximum Gasteiger partial charge on any atom is 0.215 e. The molecule has 0 rings (SSSR count). The molecule has 3 heteroatoms. The largest absolute Gasteiger partial charge is 0.362 e. The highest BCUT2D eigenvalue weighted by Crippen LogP contribution is 1.93. The predicted molar refractivity (Wildman–Crippen MR) is 37.5 cm³/mol. The van der Waals surface area contributed by atoms with Crippen molar-refractivity contribution in [1.29, 1.82) is 0 Å². The predicted octanol–water partition coefficient (Wildman–Crippen LogP) is 0.710. The molecule has 0 spiro atoms. The monoisotopic (exact) mass is 146 g/mol. The Labute approximate surface area is 61.0 Å². The van der Waals surface area contributed by atoms with Crippen LogP contribution in [0.4, 0.5) is 0 Å². The van der Waals surface area contributed by atoms with E-state index in [2.05, 4.69) is 0 Å². The van der Waals surface area contributed by atoms with Gasteiger partial charge in [0.15, 0.2) is 5.78 Å². The van der Waals surface area contributed by atoms with Crippen molar-refractivity contribution in [2.45, 2.75) is 33.0 Å². The Morgan fingerprint density at radius 1 is 1.60 bits per heavy atom. The fraction of sp³-hybridized carbons (Fsp3) is 0.857. The summed E-state index contributed by atoms with van der Waals surface area (Å²) < 4.78 is 4.75. The third-order valence-corrected chi connectivity index (χ3v) is 1.10. The smallest absolute Gasteiger partial charge is 0.215 e. The zero-order valence-corrected chi connectivity index (χ0v) is 6.46. The van der Waals surface area contributed by atoms with E-state index in [4.69, 9.17) is 9.84 Å². The molecular formula is C7H14O3. The van der Waals surface area contributed by atoms with E-state index in [0.717, 1.165) is 6.42 Å². The topological polar surface area (TPSA) is 46.5 Å². The second kappa shape index (κ2) is 5.38. The summed E-state index contributed by atoms with van der Waals surface area (Å²) in [5, 5.41) is 8.88. The van der Waals surface area contributed by atoms with Gasteiger partial charge in [-0.05, 0) is 6.42 Å². The number of rotatable bonds is 5. The molecule has 10 heavy (non-hydrogen) atoms. The van der Waals surface area contributed by atoms with E-state index in [9.17, 15) is 4.79 Å². The maximum absolute atomic E-state index is 10.6. The Morgan fingerprint density at radius 2 is 2.20 bits per heavy atom. The SMILES string of the molecule is CCCO[C@H](O)C(=O)CC. The fourth-order valence-corrected chi connectivity index (χ4v) is 0.497. The lowest BCUT2D eigenvalue weighted by Crippen LogP contribution is -2.23. The van der Waals surface area contributed by atoms with Gasteiger partial charge in [-0.2, -0.15) is 0 Å². The average molecular weight is 146 g/mol. The number of hydrogen-bond donors (Lipinski definition) is 1. The summed E-state index contributed by atoms with van der Waals surface area (Å²) in [5.41, 5.74) is 0. The highest BCUT2D eigenvalue weighted by molar-refractivity contribution is 5.81. The molecule has 0 bridgehead atoms. The maximum atomic E-state index is 10.6. The second-order valence-corrected chi connectivity index (χ2v) is 2.04. The van der Waals surface area contributed by atoms with Crippen molar-refractivity contribution in [3.8, 4) is 0 Å². The Balaban J connectivity index is 3.41. The Morgan fingerprint density at radius 3 is 2.60 bits per heavy atom. The number of aliphatic hydroxyl groups excluding tert-OH is 1. The van der Waals surface area contributed by atoms with E-state index < -0.39 is 6.29 Å². The number of ketones is 1. The molecule has 1 atom stereocenters. The van der Waals surface area contributed by atoms with Crippen LogP contribution in [-0.2, 0) is 9.53 Å². The van der Waals surface area contributed by atoms with E-state index >= 15 is 0 Å². The van der Waals surface area contributed by atoms with Crippen LogP contribution in [0.1, 0.15) is 26.7 Å². The zero-order valence-electron chi connectivity index (χ0n) is 6.46. The van der Waals surface area contributed by atoms with Crippen molar-refractivity contribution >= 4 is 5.78 Å².